The fraction of sp³-hybridized carbons (Fsp3) is 0.102. The molecule has 4 heteroatoms. The van der Waals surface area contributed by atoms with Crippen LogP contribution in [0.15, 0.2) is 164 Å². The number of fused-ring (bicyclic) bond motifs is 7. The molecule has 2 aliphatic rings. The van der Waals surface area contributed by atoms with Crippen LogP contribution >= 0.6 is 0 Å². The molecule has 0 unspecified atom stereocenters. The van der Waals surface area contributed by atoms with E-state index in [0.717, 1.165) is 40.8 Å². The molecule has 0 spiro atoms. The van der Waals surface area contributed by atoms with Gasteiger partial charge in [0.15, 0.2) is 0 Å². The van der Waals surface area contributed by atoms with Gasteiger partial charge in [-0.1, -0.05) is 0 Å². The molecule has 12 rings (SSSR count). The minimum atomic E-state index is -0.0590. The number of nitrogens with zero attached hydrogens (tertiary/aromatic N) is 3. The van der Waals surface area contributed by atoms with Crippen LogP contribution in [-0.2, 0) is 12.8 Å². The Balaban J connectivity index is 1.25. The van der Waals surface area contributed by atoms with E-state index in [1.54, 1.807) is 6.20 Å². The molecule has 0 aliphatic heterocycles. The third kappa shape index (κ3) is 5.89. The molecule has 0 saturated heterocycles. The number of hydrogen-bond acceptors (Lipinski definition) is 3. The topological polar surface area (TPSA) is 38.7 Å². The van der Waals surface area contributed by atoms with Crippen LogP contribution in [0.2, 0.25) is 0 Å². The van der Waals surface area contributed by atoms with Crippen molar-refractivity contribution in [2.75, 3.05) is 0 Å². The fourth-order valence-corrected chi connectivity index (χ4v) is 13.4. The summed E-state index contributed by atoms with van der Waals surface area (Å²) in [6, 6.07) is 58.5. The number of aryl methyl sites for hydroxylation is 2. The Labute approximate surface area is 374 Å². The molecule has 0 saturated carbocycles. The molecule has 63 heavy (non-hydrogen) atoms. The van der Waals surface area contributed by atoms with E-state index in [1.165, 1.54) is 114 Å². The molecule has 8 aromatic carbocycles. The van der Waals surface area contributed by atoms with Gasteiger partial charge in [-0.15, -0.1) is 0 Å². The van der Waals surface area contributed by atoms with Gasteiger partial charge in [-0.05, 0) is 0 Å². The van der Waals surface area contributed by atoms with Crippen LogP contribution in [0.5, 0.6) is 0 Å². The van der Waals surface area contributed by atoms with E-state index in [9.17, 15) is 0 Å². The maximum absolute atomic E-state index is 4.83. The summed E-state index contributed by atoms with van der Waals surface area (Å²) in [5.41, 5.74) is 29.7. The number of aromatic nitrogens is 3. The van der Waals surface area contributed by atoms with Crippen molar-refractivity contribution in [3.63, 3.8) is 0 Å². The Bertz CT molecular complexity index is 3470. The third-order valence-corrected chi connectivity index (χ3v) is 16.3. The first-order chi connectivity index (χ1) is 30.9. The van der Waals surface area contributed by atoms with Gasteiger partial charge in [0, 0.05) is 0 Å². The van der Waals surface area contributed by atoms with Crippen LogP contribution in [0.4, 0.5) is 0 Å². The summed E-state index contributed by atoms with van der Waals surface area (Å²) in [6.45, 7) is 9.31. The monoisotopic (exact) mass is 873 g/mol. The van der Waals surface area contributed by atoms with Gasteiger partial charge in [-0.2, -0.15) is 0 Å². The standard InChI is InChI=1S/C59H43N3Se/c1-34-30-47-42-22-13-11-20-40(42)32-49(47)53(36(34)3)45-24-15-25-52-57(45)58(54-37(4)35(2)31-48-43-23-14-12-21-41(43)33-50(48)54)59(63-52)46-27-26-44(38-16-7-5-8-17-38)55(39-18-9-6-10-19-39)56(46)51-28-29-60-62-61-51/h5-31H,32-33H2,1-4H3. The zero-order chi connectivity index (χ0) is 42.3. The normalized spacial score (nSPS) is 12.3. The van der Waals surface area contributed by atoms with Gasteiger partial charge in [-0.3, -0.25) is 0 Å². The van der Waals surface area contributed by atoms with E-state index >= 15 is 0 Å². The molecule has 0 bridgehead atoms. The van der Waals surface area contributed by atoms with Crippen molar-refractivity contribution in [2.45, 2.75) is 40.5 Å². The second kappa shape index (κ2) is 14.8. The quantitative estimate of drug-likeness (QED) is 0.156. The Morgan fingerprint density at radius 1 is 0.429 bits per heavy atom. The Morgan fingerprint density at radius 3 is 1.65 bits per heavy atom. The van der Waals surface area contributed by atoms with Crippen molar-refractivity contribution in [1.29, 1.82) is 0 Å². The Hall–Kier alpha value is -6.97. The van der Waals surface area contributed by atoms with Crippen LogP contribution in [0.25, 0.3) is 97.7 Å². The van der Waals surface area contributed by atoms with Gasteiger partial charge < -0.3 is 0 Å². The zero-order valence-corrected chi connectivity index (χ0v) is 37.5. The molecule has 10 aromatic rings. The Kier molecular flexibility index (Phi) is 8.90. The summed E-state index contributed by atoms with van der Waals surface area (Å²) in [4.78, 5) is 0. The first-order valence-corrected chi connectivity index (χ1v) is 23.6. The SMILES string of the molecule is Cc1cc2c(c(-c3cccc4[se]c(-c5ccc(-c6ccccc6)c(-c6ccccc6)c5-c5ccnnn5)c(-c5c(C)c(C)cc6c5Cc5ccccc5-6)c34)c1C)Cc1ccccc1-2. The second-order valence-electron chi connectivity index (χ2n) is 17.2. The third-order valence-electron chi connectivity index (χ3n) is 13.8. The van der Waals surface area contributed by atoms with Crippen LogP contribution in [0, 0.1) is 27.7 Å². The average Bonchev–Trinajstić information content (AvgIpc) is 4.02. The van der Waals surface area contributed by atoms with E-state index in [0.29, 0.717) is 0 Å². The first kappa shape index (κ1) is 37.8. The van der Waals surface area contributed by atoms with Crippen molar-refractivity contribution >= 4 is 24.1 Å². The molecule has 300 valence electrons. The maximum atomic E-state index is 4.83. The van der Waals surface area contributed by atoms with E-state index in [2.05, 4.69) is 190 Å². The predicted molar refractivity (Wildman–Crippen MR) is 262 cm³/mol. The summed E-state index contributed by atoms with van der Waals surface area (Å²) in [5, 5.41) is 14.7. The molecule has 2 aromatic heterocycles. The summed E-state index contributed by atoms with van der Waals surface area (Å²) < 4.78 is 2.80. The molecular formula is C59H43N3Se. The summed E-state index contributed by atoms with van der Waals surface area (Å²) >= 11 is -0.0590. The molecule has 0 amide bonds. The molecule has 0 radical (unpaired) electrons. The Morgan fingerprint density at radius 2 is 1.00 bits per heavy atom. The van der Waals surface area contributed by atoms with Crippen molar-refractivity contribution in [3.05, 3.63) is 208 Å². The average molecular weight is 873 g/mol. The summed E-state index contributed by atoms with van der Waals surface area (Å²) in [6.07, 6.45) is 3.62. The van der Waals surface area contributed by atoms with Crippen LogP contribution in [0.3, 0.4) is 0 Å². The van der Waals surface area contributed by atoms with E-state index in [4.69, 9.17) is 5.10 Å². The van der Waals surface area contributed by atoms with E-state index in [1.807, 2.05) is 6.07 Å². The van der Waals surface area contributed by atoms with Crippen molar-refractivity contribution in [2.24, 2.45) is 0 Å². The van der Waals surface area contributed by atoms with Gasteiger partial charge in [-0.25, -0.2) is 0 Å². The van der Waals surface area contributed by atoms with Crippen LogP contribution in [0.1, 0.15) is 44.5 Å². The van der Waals surface area contributed by atoms with Crippen molar-refractivity contribution < 1.29 is 0 Å². The van der Waals surface area contributed by atoms with Gasteiger partial charge in [0.05, 0.1) is 0 Å². The minimum absolute atomic E-state index is 0.0590. The van der Waals surface area contributed by atoms with E-state index < -0.39 is 0 Å². The van der Waals surface area contributed by atoms with Gasteiger partial charge in [0.1, 0.15) is 0 Å². The number of hydrogen-bond donors (Lipinski definition) is 0. The van der Waals surface area contributed by atoms with Crippen molar-refractivity contribution in [1.82, 2.24) is 15.4 Å². The molecule has 2 heterocycles. The first-order valence-electron chi connectivity index (χ1n) is 21.9. The molecule has 0 atom stereocenters. The van der Waals surface area contributed by atoms with Crippen molar-refractivity contribution in [3.8, 4) is 88.0 Å². The molecular weight excluding hydrogens is 830 g/mol. The second-order valence-corrected chi connectivity index (χ2v) is 19.4. The van der Waals surface area contributed by atoms with Crippen LogP contribution in [-0.4, -0.2) is 29.9 Å². The molecule has 3 nitrogen and oxygen atoms in total. The van der Waals surface area contributed by atoms with E-state index in [-0.39, 0.29) is 14.5 Å². The van der Waals surface area contributed by atoms with Gasteiger partial charge in [0.25, 0.3) is 0 Å². The predicted octanol–water partition coefficient (Wildman–Crippen LogP) is 14.5. The van der Waals surface area contributed by atoms with Gasteiger partial charge in [0.2, 0.25) is 0 Å². The molecule has 0 fully saturated rings. The molecule has 2 aliphatic carbocycles. The molecule has 0 N–H and O–H groups in total. The van der Waals surface area contributed by atoms with Gasteiger partial charge >= 0.3 is 377 Å². The fourth-order valence-electron chi connectivity index (χ4n) is 10.7. The number of rotatable bonds is 6. The van der Waals surface area contributed by atoms with Crippen LogP contribution < -0.4 is 0 Å². The summed E-state index contributed by atoms with van der Waals surface area (Å²) in [5.74, 6) is 0. The number of benzene rings is 8. The zero-order valence-electron chi connectivity index (χ0n) is 35.8. The summed E-state index contributed by atoms with van der Waals surface area (Å²) in [7, 11) is 0.